The van der Waals surface area contributed by atoms with Crippen LogP contribution in [0.2, 0.25) is 0 Å². The lowest BCUT2D eigenvalue weighted by Gasteiger charge is -2.15. The highest BCUT2D eigenvalue weighted by Gasteiger charge is 2.30. The molecule has 2 unspecified atom stereocenters. The van der Waals surface area contributed by atoms with Crippen LogP contribution in [0.3, 0.4) is 0 Å². The zero-order valence-electron chi connectivity index (χ0n) is 10.1. The van der Waals surface area contributed by atoms with Crippen molar-refractivity contribution in [2.45, 2.75) is 25.6 Å². The minimum Gasteiger partial charge on any atom is -0.376 e. The van der Waals surface area contributed by atoms with E-state index in [4.69, 9.17) is 8.92 Å². The summed E-state index contributed by atoms with van der Waals surface area (Å²) in [6.07, 6.45) is 0.105. The van der Waals surface area contributed by atoms with Crippen molar-refractivity contribution >= 4 is 20.5 Å². The van der Waals surface area contributed by atoms with Gasteiger partial charge in [-0.15, -0.1) is 0 Å². The zero-order chi connectivity index (χ0) is 13.8. The Morgan fingerprint density at radius 2 is 2.11 bits per heavy atom. The molecule has 18 heavy (non-hydrogen) atoms. The molecule has 1 rings (SSSR count). The third kappa shape index (κ3) is 6.07. The molecule has 0 aromatic heterocycles. The average Bonchev–Trinajstić information content (AvgIpc) is 2.55. The van der Waals surface area contributed by atoms with E-state index in [0.29, 0.717) is 6.42 Å². The van der Waals surface area contributed by atoms with Gasteiger partial charge in [0.05, 0.1) is 26.1 Å². The van der Waals surface area contributed by atoms with E-state index in [9.17, 15) is 16.8 Å². The van der Waals surface area contributed by atoms with E-state index in [2.05, 4.69) is 8.37 Å². The summed E-state index contributed by atoms with van der Waals surface area (Å²) in [7, 11) is -7.42. The summed E-state index contributed by atoms with van der Waals surface area (Å²) in [5.41, 5.74) is 0. The number of hydrogen-bond donors (Lipinski definition) is 0. The first-order valence-electron chi connectivity index (χ1n) is 5.25. The van der Waals surface area contributed by atoms with Gasteiger partial charge in [-0.1, -0.05) is 6.92 Å². The summed E-state index contributed by atoms with van der Waals surface area (Å²) in [6.45, 7) is 1.66. The van der Waals surface area contributed by atoms with Crippen LogP contribution in [0.4, 0.5) is 0 Å². The predicted molar refractivity (Wildman–Crippen MR) is 60.6 cm³/mol. The standard InChI is InChI=1S/C8H16O8S2/c1-3-7(15-17(2,9)10)4-13-5-8-6-14-18(11,12)16-8/h7-8H,3-6H2,1-2H3. The lowest BCUT2D eigenvalue weighted by Crippen LogP contribution is -2.26. The third-order valence-electron chi connectivity index (χ3n) is 2.03. The molecular formula is C8H16O8S2. The lowest BCUT2D eigenvalue weighted by molar-refractivity contribution is 0.0153. The van der Waals surface area contributed by atoms with Crippen molar-refractivity contribution in [3.8, 4) is 0 Å². The van der Waals surface area contributed by atoms with Gasteiger partial charge < -0.3 is 4.74 Å². The van der Waals surface area contributed by atoms with Gasteiger partial charge in [0.25, 0.3) is 10.1 Å². The van der Waals surface area contributed by atoms with Crippen LogP contribution >= 0.6 is 0 Å². The maximum absolute atomic E-state index is 10.9. The Balaban J connectivity index is 2.28. The van der Waals surface area contributed by atoms with Crippen molar-refractivity contribution in [1.82, 2.24) is 0 Å². The molecule has 1 aliphatic rings. The molecule has 1 saturated heterocycles. The largest absolute Gasteiger partial charge is 0.400 e. The molecule has 0 spiro atoms. The monoisotopic (exact) mass is 304 g/mol. The van der Waals surface area contributed by atoms with Gasteiger partial charge in [0.1, 0.15) is 12.2 Å². The quantitative estimate of drug-likeness (QED) is 0.575. The number of rotatable bonds is 7. The van der Waals surface area contributed by atoms with E-state index in [-0.39, 0.29) is 19.8 Å². The van der Waals surface area contributed by atoms with Gasteiger partial charge in [0.2, 0.25) is 0 Å². The first-order valence-corrected chi connectivity index (χ1v) is 8.40. The van der Waals surface area contributed by atoms with Gasteiger partial charge in [-0.3, -0.25) is 4.18 Å². The molecule has 2 atom stereocenters. The lowest BCUT2D eigenvalue weighted by atomic mass is 10.3. The highest BCUT2D eigenvalue weighted by Crippen LogP contribution is 2.13. The Hall–Kier alpha value is -0.260. The van der Waals surface area contributed by atoms with Gasteiger partial charge in [-0.25, -0.2) is 8.37 Å². The van der Waals surface area contributed by atoms with Gasteiger partial charge in [0, 0.05) is 0 Å². The SMILES string of the molecule is CCC(COCC1COS(=O)(=O)O1)OS(C)(=O)=O. The van der Waals surface area contributed by atoms with E-state index in [1.165, 1.54) is 0 Å². The second-order valence-electron chi connectivity index (χ2n) is 3.78. The van der Waals surface area contributed by atoms with Gasteiger partial charge in [0.15, 0.2) is 0 Å². The molecule has 1 aliphatic heterocycles. The van der Waals surface area contributed by atoms with E-state index < -0.39 is 32.7 Å². The molecule has 0 aromatic carbocycles. The molecule has 1 heterocycles. The van der Waals surface area contributed by atoms with Crippen LogP contribution in [0.5, 0.6) is 0 Å². The molecule has 0 N–H and O–H groups in total. The second-order valence-corrected chi connectivity index (χ2v) is 6.62. The van der Waals surface area contributed by atoms with E-state index >= 15 is 0 Å². The Labute approximate surface area is 107 Å². The summed E-state index contributed by atoms with van der Waals surface area (Å²) in [5, 5.41) is 0. The molecule has 0 saturated carbocycles. The number of ether oxygens (including phenoxy) is 1. The highest BCUT2D eigenvalue weighted by atomic mass is 32.3. The van der Waals surface area contributed by atoms with E-state index in [0.717, 1.165) is 6.26 Å². The molecule has 10 heteroatoms. The van der Waals surface area contributed by atoms with E-state index in [1.807, 2.05) is 0 Å². The summed E-state index contributed by atoms with van der Waals surface area (Å²) in [5.74, 6) is 0. The summed E-state index contributed by atoms with van der Waals surface area (Å²) < 4.78 is 62.2. The smallest absolute Gasteiger partial charge is 0.376 e. The molecule has 1 fully saturated rings. The van der Waals surface area contributed by atoms with Gasteiger partial charge in [-0.2, -0.15) is 16.8 Å². The van der Waals surface area contributed by atoms with Crippen molar-refractivity contribution in [1.29, 1.82) is 0 Å². The highest BCUT2D eigenvalue weighted by molar-refractivity contribution is 7.86. The van der Waals surface area contributed by atoms with Gasteiger partial charge in [-0.05, 0) is 6.42 Å². The molecule has 0 aromatic rings. The van der Waals surface area contributed by atoms with Crippen molar-refractivity contribution in [3.63, 3.8) is 0 Å². The van der Waals surface area contributed by atoms with Crippen LogP contribution in [0.25, 0.3) is 0 Å². The fourth-order valence-electron chi connectivity index (χ4n) is 1.25. The average molecular weight is 304 g/mol. The van der Waals surface area contributed by atoms with Gasteiger partial charge >= 0.3 is 10.4 Å². The maximum atomic E-state index is 10.9. The maximum Gasteiger partial charge on any atom is 0.400 e. The Bertz CT molecular complexity index is 453. The summed E-state index contributed by atoms with van der Waals surface area (Å²) in [4.78, 5) is 0. The minimum absolute atomic E-state index is 0.0111. The first-order chi connectivity index (χ1) is 8.22. The Morgan fingerprint density at radius 1 is 1.44 bits per heavy atom. The zero-order valence-corrected chi connectivity index (χ0v) is 11.7. The van der Waals surface area contributed by atoms with Crippen molar-refractivity contribution in [2.75, 3.05) is 26.1 Å². The molecule has 108 valence electrons. The Kier molecular flexibility index (Phi) is 5.49. The van der Waals surface area contributed by atoms with Crippen molar-refractivity contribution in [2.24, 2.45) is 0 Å². The van der Waals surface area contributed by atoms with Crippen LogP contribution in [-0.4, -0.2) is 55.1 Å². The fraction of sp³-hybridized carbons (Fsp3) is 1.00. The fourth-order valence-corrected chi connectivity index (χ4v) is 2.75. The van der Waals surface area contributed by atoms with Crippen molar-refractivity contribution in [3.05, 3.63) is 0 Å². The Morgan fingerprint density at radius 3 is 2.56 bits per heavy atom. The molecule has 0 bridgehead atoms. The van der Waals surface area contributed by atoms with Crippen LogP contribution < -0.4 is 0 Å². The molecule has 0 radical (unpaired) electrons. The van der Waals surface area contributed by atoms with Crippen LogP contribution in [0.15, 0.2) is 0 Å². The molecular weight excluding hydrogens is 288 g/mol. The first kappa shape index (κ1) is 15.8. The second kappa shape index (κ2) is 6.26. The van der Waals surface area contributed by atoms with Crippen LogP contribution in [0, 0.1) is 0 Å². The normalized spacial score (nSPS) is 25.1. The molecule has 0 aliphatic carbocycles. The summed E-state index contributed by atoms with van der Waals surface area (Å²) >= 11 is 0. The van der Waals surface area contributed by atoms with Crippen molar-refractivity contribution < 1.29 is 34.1 Å². The van der Waals surface area contributed by atoms with Crippen LogP contribution in [0.1, 0.15) is 13.3 Å². The molecule has 0 amide bonds. The minimum atomic E-state index is -3.89. The third-order valence-corrected chi connectivity index (χ3v) is 3.58. The predicted octanol–water partition coefficient (Wildman–Crippen LogP) is -0.582. The van der Waals surface area contributed by atoms with E-state index in [1.54, 1.807) is 6.92 Å². The molecule has 8 nitrogen and oxygen atoms in total. The topological polar surface area (TPSA) is 105 Å². The number of hydrogen-bond acceptors (Lipinski definition) is 8. The van der Waals surface area contributed by atoms with Crippen LogP contribution in [-0.2, 0) is 37.8 Å². The summed E-state index contributed by atoms with van der Waals surface area (Å²) in [6, 6.07) is 0.